The molecule has 1 aromatic carbocycles. The molecule has 0 spiro atoms. The molecule has 2 heterocycles. The maximum absolute atomic E-state index is 12.0. The van der Waals surface area contributed by atoms with E-state index in [0.717, 1.165) is 35.6 Å². The Bertz CT molecular complexity index is 739. The fourth-order valence-electron chi connectivity index (χ4n) is 2.36. The predicted octanol–water partition coefficient (Wildman–Crippen LogP) is 2.02. The van der Waals surface area contributed by atoms with Crippen molar-refractivity contribution in [3.05, 3.63) is 40.4 Å². The van der Waals surface area contributed by atoms with Gasteiger partial charge in [-0.1, -0.05) is 17.7 Å². The summed E-state index contributed by atoms with van der Waals surface area (Å²) in [5.41, 5.74) is 2.70. The van der Waals surface area contributed by atoms with Gasteiger partial charge in [0.2, 0.25) is 0 Å². The van der Waals surface area contributed by atoms with Crippen molar-refractivity contribution in [3.63, 3.8) is 0 Å². The van der Waals surface area contributed by atoms with Gasteiger partial charge in [0.15, 0.2) is 5.13 Å². The molecule has 1 aliphatic heterocycles. The number of anilines is 2. The van der Waals surface area contributed by atoms with Crippen LogP contribution in [0.1, 0.15) is 16.1 Å². The molecule has 7 heteroatoms. The number of nitrogens with zero attached hydrogens (tertiary/aromatic N) is 2. The van der Waals surface area contributed by atoms with E-state index in [2.05, 4.69) is 27.6 Å². The summed E-state index contributed by atoms with van der Waals surface area (Å²) in [5, 5.41) is 5.64. The van der Waals surface area contributed by atoms with Crippen LogP contribution in [-0.2, 0) is 22.6 Å². The Labute approximate surface area is 138 Å². The summed E-state index contributed by atoms with van der Waals surface area (Å²) < 4.78 is 0. The van der Waals surface area contributed by atoms with Crippen LogP contribution >= 0.6 is 11.3 Å². The number of fused-ring (bicyclic) bond motifs is 1. The molecular formula is C16H18N4O2S. The van der Waals surface area contributed by atoms with Gasteiger partial charge in [-0.3, -0.25) is 14.9 Å². The van der Waals surface area contributed by atoms with E-state index >= 15 is 0 Å². The lowest BCUT2D eigenvalue weighted by atomic mass is 10.2. The SMILES string of the molecule is Cc1ccc(NC(=O)C(=O)Nc2nc3c(s2)CN(C)CC3)cc1. The first-order valence-corrected chi connectivity index (χ1v) is 8.19. The highest BCUT2D eigenvalue weighted by Crippen LogP contribution is 2.27. The summed E-state index contributed by atoms with van der Waals surface area (Å²) >= 11 is 1.43. The highest BCUT2D eigenvalue weighted by Gasteiger charge is 2.21. The predicted molar refractivity (Wildman–Crippen MR) is 90.6 cm³/mol. The number of hydrogen-bond donors (Lipinski definition) is 2. The van der Waals surface area contributed by atoms with E-state index < -0.39 is 11.8 Å². The summed E-state index contributed by atoms with van der Waals surface area (Å²) in [4.78, 5) is 31.7. The minimum absolute atomic E-state index is 0.481. The second-order valence-electron chi connectivity index (χ2n) is 5.65. The minimum Gasteiger partial charge on any atom is -0.318 e. The van der Waals surface area contributed by atoms with Crippen LogP contribution in [0.15, 0.2) is 24.3 Å². The smallest absolute Gasteiger partial charge is 0.315 e. The number of rotatable bonds is 2. The van der Waals surface area contributed by atoms with Gasteiger partial charge in [-0.25, -0.2) is 4.98 Å². The van der Waals surface area contributed by atoms with Crippen molar-refractivity contribution in [2.24, 2.45) is 0 Å². The van der Waals surface area contributed by atoms with Crippen LogP contribution in [0.25, 0.3) is 0 Å². The molecule has 23 heavy (non-hydrogen) atoms. The van der Waals surface area contributed by atoms with Crippen molar-refractivity contribution >= 4 is 34.0 Å². The summed E-state index contributed by atoms with van der Waals surface area (Å²) in [6.07, 6.45) is 0.869. The summed E-state index contributed by atoms with van der Waals surface area (Å²) in [6.45, 7) is 3.75. The Morgan fingerprint density at radius 2 is 1.87 bits per heavy atom. The lowest BCUT2D eigenvalue weighted by Crippen LogP contribution is -2.29. The zero-order chi connectivity index (χ0) is 16.4. The maximum atomic E-state index is 12.0. The number of aromatic nitrogens is 1. The van der Waals surface area contributed by atoms with E-state index in [1.165, 1.54) is 11.3 Å². The lowest BCUT2D eigenvalue weighted by molar-refractivity contribution is -0.132. The molecule has 0 atom stereocenters. The third kappa shape index (κ3) is 3.75. The molecule has 120 valence electrons. The number of nitrogens with one attached hydrogen (secondary N) is 2. The summed E-state index contributed by atoms with van der Waals surface area (Å²) in [6, 6.07) is 7.27. The maximum Gasteiger partial charge on any atom is 0.315 e. The first-order chi connectivity index (χ1) is 11.0. The van der Waals surface area contributed by atoms with Crippen molar-refractivity contribution in [2.45, 2.75) is 19.9 Å². The zero-order valence-electron chi connectivity index (χ0n) is 13.0. The van der Waals surface area contributed by atoms with Crippen LogP contribution in [0.2, 0.25) is 0 Å². The zero-order valence-corrected chi connectivity index (χ0v) is 13.9. The van der Waals surface area contributed by atoms with Gasteiger partial charge < -0.3 is 10.2 Å². The van der Waals surface area contributed by atoms with E-state index in [0.29, 0.717) is 10.8 Å². The average molecular weight is 330 g/mol. The van der Waals surface area contributed by atoms with Crippen LogP contribution in [0.3, 0.4) is 0 Å². The standard InChI is InChI=1S/C16H18N4O2S/c1-10-3-5-11(6-4-10)17-14(21)15(22)19-16-18-12-7-8-20(2)9-13(12)23-16/h3-6H,7-9H2,1-2H3,(H,17,21)(H,18,19,22). The molecule has 6 nitrogen and oxygen atoms in total. The van der Waals surface area contributed by atoms with Crippen LogP contribution in [0, 0.1) is 6.92 Å². The number of carbonyl (C=O) groups is 2. The number of hydrogen-bond acceptors (Lipinski definition) is 5. The average Bonchev–Trinajstić information content (AvgIpc) is 2.90. The van der Waals surface area contributed by atoms with Crippen molar-refractivity contribution in [2.75, 3.05) is 24.2 Å². The molecule has 2 amide bonds. The molecule has 0 fully saturated rings. The van der Waals surface area contributed by atoms with Gasteiger partial charge in [0, 0.05) is 30.1 Å². The molecular weight excluding hydrogens is 312 g/mol. The first kappa shape index (κ1) is 15.6. The van der Waals surface area contributed by atoms with Gasteiger partial charge in [-0.15, -0.1) is 11.3 Å². The Hall–Kier alpha value is -2.25. The number of benzene rings is 1. The number of amides is 2. The van der Waals surface area contributed by atoms with E-state index in [-0.39, 0.29) is 0 Å². The molecule has 2 aromatic rings. The van der Waals surface area contributed by atoms with E-state index in [4.69, 9.17) is 0 Å². The van der Waals surface area contributed by atoms with Gasteiger partial charge in [0.05, 0.1) is 5.69 Å². The molecule has 0 saturated heterocycles. The van der Waals surface area contributed by atoms with Gasteiger partial charge in [-0.05, 0) is 26.1 Å². The molecule has 2 N–H and O–H groups in total. The highest BCUT2D eigenvalue weighted by molar-refractivity contribution is 7.16. The largest absolute Gasteiger partial charge is 0.318 e. The van der Waals surface area contributed by atoms with Crippen LogP contribution in [0.5, 0.6) is 0 Å². The molecule has 0 aliphatic carbocycles. The molecule has 3 rings (SSSR count). The third-order valence-corrected chi connectivity index (χ3v) is 4.66. The quantitative estimate of drug-likeness (QED) is 0.826. The van der Waals surface area contributed by atoms with E-state index in [9.17, 15) is 9.59 Å². The van der Waals surface area contributed by atoms with Crippen molar-refractivity contribution < 1.29 is 9.59 Å². The van der Waals surface area contributed by atoms with Gasteiger partial charge in [0.1, 0.15) is 0 Å². The Morgan fingerprint density at radius 3 is 2.61 bits per heavy atom. The normalized spacial score (nSPS) is 14.2. The van der Waals surface area contributed by atoms with E-state index in [1.54, 1.807) is 12.1 Å². The Balaban J connectivity index is 1.62. The van der Waals surface area contributed by atoms with Crippen LogP contribution in [0.4, 0.5) is 10.8 Å². The lowest BCUT2D eigenvalue weighted by Gasteiger charge is -2.20. The van der Waals surface area contributed by atoms with Crippen molar-refractivity contribution in [3.8, 4) is 0 Å². The number of carbonyl (C=O) groups excluding carboxylic acids is 2. The second-order valence-corrected chi connectivity index (χ2v) is 6.73. The minimum atomic E-state index is -0.704. The molecule has 1 aromatic heterocycles. The first-order valence-electron chi connectivity index (χ1n) is 7.37. The second kappa shape index (κ2) is 6.47. The monoisotopic (exact) mass is 330 g/mol. The number of thiazole rings is 1. The molecule has 0 unspecified atom stereocenters. The van der Waals surface area contributed by atoms with Gasteiger partial charge >= 0.3 is 11.8 Å². The summed E-state index contributed by atoms with van der Waals surface area (Å²) in [7, 11) is 2.05. The van der Waals surface area contributed by atoms with Gasteiger partial charge in [0.25, 0.3) is 0 Å². The molecule has 0 bridgehead atoms. The summed E-state index contributed by atoms with van der Waals surface area (Å²) in [5.74, 6) is -1.40. The third-order valence-electron chi connectivity index (χ3n) is 3.66. The Kier molecular flexibility index (Phi) is 4.40. The van der Waals surface area contributed by atoms with Crippen molar-refractivity contribution in [1.82, 2.24) is 9.88 Å². The molecule has 0 saturated carbocycles. The van der Waals surface area contributed by atoms with E-state index in [1.807, 2.05) is 19.1 Å². The van der Waals surface area contributed by atoms with Crippen LogP contribution in [-0.4, -0.2) is 35.3 Å². The Morgan fingerprint density at radius 1 is 1.17 bits per heavy atom. The van der Waals surface area contributed by atoms with Crippen LogP contribution < -0.4 is 10.6 Å². The highest BCUT2D eigenvalue weighted by atomic mass is 32.1. The fraction of sp³-hybridized carbons (Fsp3) is 0.312. The number of likely N-dealkylation sites (N-methyl/N-ethyl adjacent to an activating group) is 1. The van der Waals surface area contributed by atoms with Gasteiger partial charge in [-0.2, -0.15) is 0 Å². The molecule has 0 radical (unpaired) electrons. The molecule has 1 aliphatic rings. The topological polar surface area (TPSA) is 74.3 Å². The number of aryl methyl sites for hydroxylation is 1. The fourth-order valence-corrected chi connectivity index (χ4v) is 3.44. The van der Waals surface area contributed by atoms with Crippen molar-refractivity contribution in [1.29, 1.82) is 0 Å².